The van der Waals surface area contributed by atoms with E-state index in [1.54, 1.807) is 4.90 Å². The van der Waals surface area contributed by atoms with Gasteiger partial charge in [0.2, 0.25) is 11.8 Å². The van der Waals surface area contributed by atoms with Crippen LogP contribution in [0.1, 0.15) is 33.6 Å². The highest BCUT2D eigenvalue weighted by Gasteiger charge is 2.29. The predicted molar refractivity (Wildman–Crippen MR) is 59.6 cm³/mol. The van der Waals surface area contributed by atoms with Crippen LogP contribution in [0.15, 0.2) is 0 Å². The van der Waals surface area contributed by atoms with E-state index in [0.29, 0.717) is 13.1 Å². The van der Waals surface area contributed by atoms with Crippen molar-refractivity contribution in [3.05, 3.63) is 0 Å². The molecule has 2 N–H and O–H groups in total. The lowest BCUT2D eigenvalue weighted by Crippen LogP contribution is -2.35. The maximum absolute atomic E-state index is 11.5. The second-order valence-electron chi connectivity index (χ2n) is 5.12. The maximum Gasteiger partial charge on any atom is 0.232 e. The van der Waals surface area contributed by atoms with Crippen LogP contribution in [0.2, 0.25) is 0 Å². The largest absolute Gasteiger partial charge is 0.371 e. The van der Waals surface area contributed by atoms with Crippen molar-refractivity contribution in [2.75, 3.05) is 13.1 Å². The molecular weight excluding hydrogens is 208 g/mol. The molecule has 5 heteroatoms. The minimum atomic E-state index is -0.579. The molecule has 1 saturated heterocycles. The zero-order valence-corrected chi connectivity index (χ0v) is 10.2. The number of rotatable bonds is 3. The van der Waals surface area contributed by atoms with E-state index in [4.69, 9.17) is 10.5 Å². The molecule has 0 radical (unpaired) electrons. The Morgan fingerprint density at radius 3 is 2.56 bits per heavy atom. The van der Waals surface area contributed by atoms with Crippen LogP contribution in [0.5, 0.6) is 0 Å². The van der Waals surface area contributed by atoms with E-state index < -0.39 is 5.91 Å². The van der Waals surface area contributed by atoms with Gasteiger partial charge < -0.3 is 15.4 Å². The monoisotopic (exact) mass is 228 g/mol. The number of nitrogens with zero attached hydrogens (tertiary/aromatic N) is 1. The first-order valence-electron chi connectivity index (χ1n) is 5.52. The first-order chi connectivity index (χ1) is 7.28. The van der Waals surface area contributed by atoms with Crippen molar-refractivity contribution >= 4 is 11.8 Å². The molecule has 2 amide bonds. The molecule has 0 aromatic heterocycles. The third-order valence-corrected chi connectivity index (χ3v) is 2.34. The summed E-state index contributed by atoms with van der Waals surface area (Å²) in [6, 6.07) is 0. The van der Waals surface area contributed by atoms with Gasteiger partial charge in [-0.2, -0.15) is 0 Å². The zero-order chi connectivity index (χ0) is 12.3. The van der Waals surface area contributed by atoms with E-state index in [9.17, 15) is 9.59 Å². The Labute approximate surface area is 95.9 Å². The third kappa shape index (κ3) is 4.18. The van der Waals surface area contributed by atoms with Crippen molar-refractivity contribution in [3.8, 4) is 0 Å². The Bertz CT molecular complexity index is 283. The average Bonchev–Trinajstić information content (AvgIpc) is 2.48. The van der Waals surface area contributed by atoms with E-state index in [1.807, 2.05) is 20.8 Å². The summed E-state index contributed by atoms with van der Waals surface area (Å²) >= 11 is 0. The van der Waals surface area contributed by atoms with E-state index in [-0.39, 0.29) is 24.0 Å². The minimum absolute atomic E-state index is 0.0665. The highest BCUT2D eigenvalue weighted by molar-refractivity contribution is 5.96. The number of primary amides is 1. The molecule has 0 aromatic carbocycles. The minimum Gasteiger partial charge on any atom is -0.371 e. The summed E-state index contributed by atoms with van der Waals surface area (Å²) < 4.78 is 5.77. The lowest BCUT2D eigenvalue weighted by Gasteiger charge is -2.24. The number of hydrogen-bond donors (Lipinski definition) is 1. The lowest BCUT2D eigenvalue weighted by atomic mass is 10.2. The van der Waals surface area contributed by atoms with Gasteiger partial charge in [0.05, 0.1) is 11.7 Å². The van der Waals surface area contributed by atoms with Crippen LogP contribution in [-0.2, 0) is 14.3 Å². The van der Waals surface area contributed by atoms with E-state index in [0.717, 1.165) is 6.42 Å². The fraction of sp³-hybridized carbons (Fsp3) is 0.818. The molecule has 1 unspecified atom stereocenters. The molecule has 0 bridgehead atoms. The molecule has 1 rings (SSSR count). The van der Waals surface area contributed by atoms with Crippen molar-refractivity contribution in [1.29, 1.82) is 0 Å². The van der Waals surface area contributed by atoms with Gasteiger partial charge in [-0.05, 0) is 27.2 Å². The number of carbonyl (C=O) groups excluding carboxylic acids is 2. The first kappa shape index (κ1) is 13.0. The van der Waals surface area contributed by atoms with Crippen LogP contribution in [-0.4, -0.2) is 41.5 Å². The number of nitrogens with two attached hydrogens (primary N) is 1. The van der Waals surface area contributed by atoms with Crippen LogP contribution >= 0.6 is 0 Å². The summed E-state index contributed by atoms with van der Waals surface area (Å²) in [7, 11) is 0. The molecule has 1 fully saturated rings. The van der Waals surface area contributed by atoms with Crippen molar-refractivity contribution in [2.45, 2.75) is 45.3 Å². The molecule has 1 aliphatic rings. The van der Waals surface area contributed by atoms with Crippen LogP contribution in [0.4, 0.5) is 0 Å². The number of hydrogen-bond acceptors (Lipinski definition) is 3. The molecule has 0 spiro atoms. The molecule has 16 heavy (non-hydrogen) atoms. The van der Waals surface area contributed by atoms with Crippen molar-refractivity contribution in [3.63, 3.8) is 0 Å². The molecule has 5 nitrogen and oxygen atoms in total. The topological polar surface area (TPSA) is 72.6 Å². The summed E-state index contributed by atoms with van der Waals surface area (Å²) in [6.45, 7) is 7.17. The number of amides is 2. The smallest absolute Gasteiger partial charge is 0.232 e. The lowest BCUT2D eigenvalue weighted by molar-refractivity contribution is -0.135. The van der Waals surface area contributed by atoms with Gasteiger partial charge in [-0.1, -0.05) is 0 Å². The second-order valence-corrected chi connectivity index (χ2v) is 5.12. The molecule has 0 aromatic rings. The van der Waals surface area contributed by atoms with Crippen molar-refractivity contribution in [2.24, 2.45) is 5.73 Å². The van der Waals surface area contributed by atoms with E-state index in [2.05, 4.69) is 0 Å². The van der Waals surface area contributed by atoms with Gasteiger partial charge in [-0.15, -0.1) is 0 Å². The zero-order valence-electron chi connectivity index (χ0n) is 10.2. The van der Waals surface area contributed by atoms with E-state index >= 15 is 0 Å². The second kappa shape index (κ2) is 4.82. The summed E-state index contributed by atoms with van der Waals surface area (Å²) in [5, 5.41) is 0. The van der Waals surface area contributed by atoms with Crippen LogP contribution in [0, 0.1) is 0 Å². The van der Waals surface area contributed by atoms with Gasteiger partial charge in [-0.3, -0.25) is 9.59 Å². The number of ether oxygens (including phenoxy) is 1. The SMILES string of the molecule is CC(C)(C)OC1CCN(C(=O)CC(N)=O)C1. The molecule has 92 valence electrons. The molecule has 1 heterocycles. The normalized spacial score (nSPS) is 21.2. The van der Waals surface area contributed by atoms with Crippen molar-refractivity contribution < 1.29 is 14.3 Å². The number of likely N-dealkylation sites (tertiary alicyclic amines) is 1. The summed E-state index contributed by atoms with van der Waals surface area (Å²) in [4.78, 5) is 23.8. The Hall–Kier alpha value is -1.10. The summed E-state index contributed by atoms with van der Waals surface area (Å²) in [5.74, 6) is -0.780. The quantitative estimate of drug-likeness (QED) is 0.705. The third-order valence-electron chi connectivity index (χ3n) is 2.34. The fourth-order valence-electron chi connectivity index (χ4n) is 1.81. The summed E-state index contributed by atoms with van der Waals surface area (Å²) in [5.41, 5.74) is 4.78. The van der Waals surface area contributed by atoms with Gasteiger partial charge >= 0.3 is 0 Å². The molecule has 0 saturated carbocycles. The molecule has 0 aliphatic carbocycles. The van der Waals surface area contributed by atoms with Gasteiger partial charge in [0.1, 0.15) is 6.42 Å². The molecular formula is C11H20N2O3. The Balaban J connectivity index is 2.40. The van der Waals surface area contributed by atoms with Gasteiger partial charge in [-0.25, -0.2) is 0 Å². The van der Waals surface area contributed by atoms with Crippen LogP contribution in [0.25, 0.3) is 0 Å². The number of carbonyl (C=O) groups is 2. The Morgan fingerprint density at radius 1 is 1.44 bits per heavy atom. The van der Waals surface area contributed by atoms with Crippen LogP contribution < -0.4 is 5.73 Å². The summed E-state index contributed by atoms with van der Waals surface area (Å²) in [6.07, 6.45) is 0.682. The first-order valence-corrected chi connectivity index (χ1v) is 5.52. The van der Waals surface area contributed by atoms with Crippen molar-refractivity contribution in [1.82, 2.24) is 4.90 Å². The highest BCUT2D eigenvalue weighted by atomic mass is 16.5. The average molecular weight is 228 g/mol. The van der Waals surface area contributed by atoms with Crippen LogP contribution in [0.3, 0.4) is 0 Å². The predicted octanol–water partition coefficient (Wildman–Crippen LogP) is 0.278. The Morgan fingerprint density at radius 2 is 2.06 bits per heavy atom. The van der Waals surface area contributed by atoms with Gasteiger partial charge in [0.15, 0.2) is 0 Å². The maximum atomic E-state index is 11.5. The van der Waals surface area contributed by atoms with E-state index in [1.165, 1.54) is 0 Å². The van der Waals surface area contributed by atoms with Gasteiger partial charge in [0.25, 0.3) is 0 Å². The van der Waals surface area contributed by atoms with Gasteiger partial charge in [0, 0.05) is 13.1 Å². The Kier molecular flexibility index (Phi) is 3.91. The molecule has 1 aliphatic heterocycles. The molecule has 1 atom stereocenters. The highest BCUT2D eigenvalue weighted by Crippen LogP contribution is 2.19. The fourth-order valence-corrected chi connectivity index (χ4v) is 1.81. The standard InChI is InChI=1S/C11H20N2O3/c1-11(2,3)16-8-4-5-13(7-8)10(15)6-9(12)14/h8H,4-7H2,1-3H3,(H2,12,14).